The van der Waals surface area contributed by atoms with Crippen LogP contribution in [0.4, 0.5) is 18.9 Å². The highest BCUT2D eigenvalue weighted by Crippen LogP contribution is 2.36. The summed E-state index contributed by atoms with van der Waals surface area (Å²) in [4.78, 5) is 4.01. The molecule has 0 bridgehead atoms. The molecule has 20 heavy (non-hydrogen) atoms. The molecule has 0 saturated carbocycles. The lowest BCUT2D eigenvalue weighted by Gasteiger charge is -2.15. The summed E-state index contributed by atoms with van der Waals surface area (Å²) in [6.07, 6.45) is -1.06. The highest BCUT2D eigenvalue weighted by Gasteiger charge is 2.33. The van der Waals surface area contributed by atoms with Crippen molar-refractivity contribution in [1.82, 2.24) is 4.98 Å². The third-order valence-corrected chi connectivity index (χ3v) is 3.19. The molecule has 0 fully saturated rings. The number of benzene rings is 1. The van der Waals surface area contributed by atoms with E-state index in [4.69, 9.17) is 0 Å². The Morgan fingerprint density at radius 1 is 1.20 bits per heavy atom. The Morgan fingerprint density at radius 2 is 1.95 bits per heavy atom. The van der Waals surface area contributed by atoms with Crippen molar-refractivity contribution in [2.24, 2.45) is 0 Å². The molecule has 2 rings (SSSR count). The SMILES string of the molecule is Cc1cncc(CNc2ccc(Br)cc2C(F)(F)F)c1. The van der Waals surface area contributed by atoms with Gasteiger partial charge in [0.05, 0.1) is 5.56 Å². The van der Waals surface area contributed by atoms with Gasteiger partial charge in [-0.15, -0.1) is 0 Å². The van der Waals surface area contributed by atoms with Gasteiger partial charge in [-0.05, 0) is 36.2 Å². The summed E-state index contributed by atoms with van der Waals surface area (Å²) < 4.78 is 39.2. The van der Waals surface area contributed by atoms with Crippen LogP contribution >= 0.6 is 15.9 Å². The lowest BCUT2D eigenvalue weighted by Crippen LogP contribution is -2.11. The standard InChI is InChI=1S/C14H12BrF3N2/c1-9-4-10(7-19-6-9)8-20-13-3-2-11(15)5-12(13)14(16,17)18/h2-7,20H,8H2,1H3. The lowest BCUT2D eigenvalue weighted by molar-refractivity contribution is -0.137. The number of nitrogens with zero attached hydrogens (tertiary/aromatic N) is 1. The molecular formula is C14H12BrF3N2. The molecule has 1 aromatic heterocycles. The fraction of sp³-hybridized carbons (Fsp3) is 0.214. The predicted octanol–water partition coefficient (Wildman–Crippen LogP) is 4.78. The van der Waals surface area contributed by atoms with Crippen LogP contribution in [-0.2, 0) is 12.7 Å². The second-order valence-electron chi connectivity index (χ2n) is 4.41. The Balaban J connectivity index is 2.21. The number of anilines is 1. The molecule has 6 heteroatoms. The minimum atomic E-state index is -4.39. The van der Waals surface area contributed by atoms with Gasteiger partial charge in [-0.1, -0.05) is 22.0 Å². The zero-order valence-electron chi connectivity index (χ0n) is 10.6. The van der Waals surface area contributed by atoms with Crippen molar-refractivity contribution in [2.75, 3.05) is 5.32 Å². The number of pyridine rings is 1. The highest BCUT2D eigenvalue weighted by atomic mass is 79.9. The van der Waals surface area contributed by atoms with E-state index in [1.165, 1.54) is 6.07 Å². The van der Waals surface area contributed by atoms with E-state index in [9.17, 15) is 13.2 Å². The van der Waals surface area contributed by atoms with E-state index in [-0.39, 0.29) is 5.69 Å². The average Bonchev–Trinajstić information content (AvgIpc) is 2.36. The molecule has 0 spiro atoms. The summed E-state index contributed by atoms with van der Waals surface area (Å²) >= 11 is 3.06. The molecule has 0 aliphatic rings. The Morgan fingerprint density at radius 3 is 2.60 bits per heavy atom. The van der Waals surface area contributed by atoms with Gasteiger partial charge < -0.3 is 5.32 Å². The molecule has 0 amide bonds. The number of alkyl halides is 3. The van der Waals surface area contributed by atoms with E-state index in [1.54, 1.807) is 18.5 Å². The molecule has 0 radical (unpaired) electrons. The zero-order valence-corrected chi connectivity index (χ0v) is 12.2. The van der Waals surface area contributed by atoms with Crippen LogP contribution in [0.25, 0.3) is 0 Å². The van der Waals surface area contributed by atoms with Gasteiger partial charge in [-0.3, -0.25) is 4.98 Å². The van der Waals surface area contributed by atoms with Crippen molar-refractivity contribution in [3.8, 4) is 0 Å². The maximum Gasteiger partial charge on any atom is 0.418 e. The van der Waals surface area contributed by atoms with Gasteiger partial charge >= 0.3 is 6.18 Å². The first kappa shape index (κ1) is 14.8. The second kappa shape index (κ2) is 5.83. The van der Waals surface area contributed by atoms with Crippen LogP contribution in [0.1, 0.15) is 16.7 Å². The van der Waals surface area contributed by atoms with Crippen molar-refractivity contribution >= 4 is 21.6 Å². The number of rotatable bonds is 3. The Kier molecular flexibility index (Phi) is 4.32. The van der Waals surface area contributed by atoms with Gasteiger partial charge in [0.1, 0.15) is 0 Å². The number of halogens is 4. The predicted molar refractivity (Wildman–Crippen MR) is 75.4 cm³/mol. The minimum Gasteiger partial charge on any atom is -0.380 e. The molecule has 2 aromatic rings. The molecule has 0 unspecified atom stereocenters. The Labute approximate surface area is 123 Å². The first-order chi connectivity index (χ1) is 9.36. The molecule has 0 aliphatic heterocycles. The molecule has 0 atom stereocenters. The average molecular weight is 345 g/mol. The summed E-state index contributed by atoms with van der Waals surface area (Å²) in [6, 6.07) is 5.94. The summed E-state index contributed by atoms with van der Waals surface area (Å²) in [6.45, 7) is 2.18. The monoisotopic (exact) mass is 344 g/mol. The van der Waals surface area contributed by atoms with Gasteiger partial charge in [0.15, 0.2) is 0 Å². The van der Waals surface area contributed by atoms with E-state index in [1.807, 2.05) is 13.0 Å². The first-order valence-corrected chi connectivity index (χ1v) is 6.67. The third kappa shape index (κ3) is 3.72. The van der Waals surface area contributed by atoms with Gasteiger partial charge in [0.2, 0.25) is 0 Å². The minimum absolute atomic E-state index is 0.0576. The number of hydrogen-bond acceptors (Lipinski definition) is 2. The van der Waals surface area contributed by atoms with Gasteiger partial charge in [0.25, 0.3) is 0 Å². The second-order valence-corrected chi connectivity index (χ2v) is 5.33. The lowest BCUT2D eigenvalue weighted by atomic mass is 10.1. The van der Waals surface area contributed by atoms with Crippen LogP contribution in [0, 0.1) is 6.92 Å². The van der Waals surface area contributed by atoms with E-state index in [0.717, 1.165) is 17.2 Å². The zero-order chi connectivity index (χ0) is 14.8. The summed E-state index contributed by atoms with van der Waals surface area (Å²) in [7, 11) is 0. The quantitative estimate of drug-likeness (QED) is 0.866. The van der Waals surface area contributed by atoms with Crippen LogP contribution in [0.3, 0.4) is 0 Å². The number of hydrogen-bond donors (Lipinski definition) is 1. The topological polar surface area (TPSA) is 24.9 Å². The van der Waals surface area contributed by atoms with Crippen molar-refractivity contribution in [2.45, 2.75) is 19.6 Å². The fourth-order valence-electron chi connectivity index (χ4n) is 1.82. The van der Waals surface area contributed by atoms with Crippen molar-refractivity contribution in [3.05, 3.63) is 57.8 Å². The van der Waals surface area contributed by atoms with Crippen molar-refractivity contribution < 1.29 is 13.2 Å². The van der Waals surface area contributed by atoms with Crippen molar-refractivity contribution in [1.29, 1.82) is 0 Å². The number of aryl methyl sites for hydroxylation is 1. The van der Waals surface area contributed by atoms with Crippen LogP contribution in [0.15, 0.2) is 41.1 Å². The number of aromatic nitrogens is 1. The fourth-order valence-corrected chi connectivity index (χ4v) is 2.18. The maximum atomic E-state index is 12.9. The van der Waals surface area contributed by atoms with E-state index in [0.29, 0.717) is 11.0 Å². The van der Waals surface area contributed by atoms with Crippen LogP contribution in [0.2, 0.25) is 0 Å². The maximum absolute atomic E-state index is 12.9. The number of nitrogens with one attached hydrogen (secondary N) is 1. The summed E-state index contributed by atoms with van der Waals surface area (Å²) in [5.41, 5.74) is 1.17. The van der Waals surface area contributed by atoms with Crippen LogP contribution < -0.4 is 5.32 Å². The smallest absolute Gasteiger partial charge is 0.380 e. The Hall–Kier alpha value is -1.56. The first-order valence-electron chi connectivity index (χ1n) is 5.87. The molecule has 106 valence electrons. The molecule has 2 nitrogen and oxygen atoms in total. The van der Waals surface area contributed by atoms with E-state index >= 15 is 0 Å². The Bertz CT molecular complexity index is 612. The molecule has 1 aromatic carbocycles. The molecule has 1 N–H and O–H groups in total. The van der Waals surface area contributed by atoms with E-state index in [2.05, 4.69) is 26.2 Å². The summed E-state index contributed by atoms with van der Waals surface area (Å²) in [5, 5.41) is 2.81. The largest absolute Gasteiger partial charge is 0.418 e. The molecule has 0 aliphatic carbocycles. The van der Waals surface area contributed by atoms with Gasteiger partial charge in [-0.25, -0.2) is 0 Å². The normalized spacial score (nSPS) is 11.4. The van der Waals surface area contributed by atoms with Crippen LogP contribution in [0.5, 0.6) is 0 Å². The molecule has 1 heterocycles. The van der Waals surface area contributed by atoms with Crippen molar-refractivity contribution in [3.63, 3.8) is 0 Å². The highest BCUT2D eigenvalue weighted by molar-refractivity contribution is 9.10. The third-order valence-electron chi connectivity index (χ3n) is 2.70. The molecule has 0 saturated heterocycles. The van der Waals surface area contributed by atoms with Gasteiger partial charge in [-0.2, -0.15) is 13.2 Å². The summed E-state index contributed by atoms with van der Waals surface area (Å²) in [5.74, 6) is 0. The van der Waals surface area contributed by atoms with Crippen LogP contribution in [-0.4, -0.2) is 4.98 Å². The van der Waals surface area contributed by atoms with E-state index < -0.39 is 11.7 Å². The molecular weight excluding hydrogens is 333 g/mol. The van der Waals surface area contributed by atoms with Gasteiger partial charge in [0, 0.05) is 29.1 Å².